The predicted octanol–water partition coefficient (Wildman–Crippen LogP) is 4.50. The van der Waals surface area contributed by atoms with E-state index in [2.05, 4.69) is 59.0 Å². The molecule has 5 rings (SSSR count). The number of rotatable bonds is 6. The molecule has 0 amide bonds. The van der Waals surface area contributed by atoms with Crippen molar-refractivity contribution in [1.29, 1.82) is 0 Å². The second kappa shape index (κ2) is 9.97. The molecule has 0 spiro atoms. The third-order valence-corrected chi connectivity index (χ3v) is 7.26. The molecule has 36 heavy (non-hydrogen) atoms. The monoisotopic (exact) mass is 493 g/mol. The van der Waals surface area contributed by atoms with E-state index in [1.165, 1.54) is 6.07 Å². The van der Waals surface area contributed by atoms with Gasteiger partial charge in [-0.1, -0.05) is 0 Å². The zero-order valence-electron chi connectivity index (χ0n) is 21.8. The molecule has 3 aromatic rings. The molecule has 0 radical (unpaired) electrons. The maximum Gasteiger partial charge on any atom is 0.208 e. The summed E-state index contributed by atoms with van der Waals surface area (Å²) in [5, 5.41) is 3.31. The lowest BCUT2D eigenvalue weighted by Gasteiger charge is -2.36. The summed E-state index contributed by atoms with van der Waals surface area (Å²) in [5.41, 5.74) is 3.32. The number of imidazole rings is 1. The van der Waals surface area contributed by atoms with Gasteiger partial charge in [0.1, 0.15) is 12.4 Å². The van der Waals surface area contributed by atoms with Gasteiger partial charge in [0.05, 0.1) is 29.8 Å². The molecule has 192 valence electrons. The first-order valence-electron chi connectivity index (χ1n) is 12.7. The van der Waals surface area contributed by atoms with Gasteiger partial charge in [0, 0.05) is 44.0 Å². The van der Waals surface area contributed by atoms with E-state index in [1.54, 1.807) is 0 Å². The van der Waals surface area contributed by atoms with E-state index in [4.69, 9.17) is 9.72 Å². The van der Waals surface area contributed by atoms with Crippen molar-refractivity contribution >= 4 is 23.1 Å². The molecule has 0 saturated carbocycles. The average molecular weight is 494 g/mol. The van der Waals surface area contributed by atoms with Crippen LogP contribution in [0, 0.1) is 5.82 Å². The Bertz CT molecular complexity index is 1200. The Hall–Kier alpha value is -3.33. The van der Waals surface area contributed by atoms with Crippen molar-refractivity contribution in [2.75, 3.05) is 55.5 Å². The van der Waals surface area contributed by atoms with Crippen LogP contribution in [0.5, 0.6) is 5.75 Å². The maximum atomic E-state index is 14.9. The Morgan fingerprint density at radius 3 is 2.58 bits per heavy atom. The maximum absolute atomic E-state index is 14.9. The normalized spacial score (nSPS) is 16.4. The van der Waals surface area contributed by atoms with Gasteiger partial charge in [0.15, 0.2) is 11.6 Å². The first-order chi connectivity index (χ1) is 17.3. The number of benzene rings is 1. The minimum absolute atomic E-state index is 0.247. The molecule has 0 aliphatic carbocycles. The largest absolute Gasteiger partial charge is 0.486 e. The van der Waals surface area contributed by atoms with E-state index in [1.807, 2.05) is 36.1 Å². The molecule has 1 saturated heterocycles. The van der Waals surface area contributed by atoms with Gasteiger partial charge in [-0.15, -0.1) is 0 Å². The van der Waals surface area contributed by atoms with E-state index in [9.17, 15) is 4.39 Å². The number of hydrogen-bond donors (Lipinski definition) is 1. The third-order valence-electron chi connectivity index (χ3n) is 7.26. The van der Waals surface area contributed by atoms with Gasteiger partial charge < -0.3 is 29.3 Å². The highest BCUT2D eigenvalue weighted by atomic mass is 19.1. The summed E-state index contributed by atoms with van der Waals surface area (Å²) in [6.45, 7) is 7.50. The van der Waals surface area contributed by atoms with Crippen molar-refractivity contribution in [3.8, 4) is 17.0 Å². The number of halogens is 1. The van der Waals surface area contributed by atoms with E-state index in [-0.39, 0.29) is 11.9 Å². The highest BCUT2D eigenvalue weighted by Gasteiger charge is 2.25. The van der Waals surface area contributed by atoms with Crippen LogP contribution in [0.1, 0.15) is 26.7 Å². The highest BCUT2D eigenvalue weighted by molar-refractivity contribution is 5.73. The zero-order chi connectivity index (χ0) is 25.4. The Balaban J connectivity index is 1.32. The van der Waals surface area contributed by atoms with Crippen molar-refractivity contribution in [1.82, 2.24) is 19.4 Å². The summed E-state index contributed by atoms with van der Waals surface area (Å²) in [4.78, 5) is 16.2. The van der Waals surface area contributed by atoms with Crippen LogP contribution in [0.3, 0.4) is 0 Å². The SMILES string of the molecule is CC(C)N1CCOc2c(F)cc(-c3cn(C)c(Nc4ccc(N5CCC(N(C)C)CC5)cn4)n3)cc21. The average Bonchev–Trinajstić information content (AvgIpc) is 3.24. The summed E-state index contributed by atoms with van der Waals surface area (Å²) in [7, 11) is 6.23. The summed E-state index contributed by atoms with van der Waals surface area (Å²) in [5.74, 6) is 1.33. The minimum atomic E-state index is -0.361. The predicted molar refractivity (Wildman–Crippen MR) is 143 cm³/mol. The number of nitrogens with zero attached hydrogens (tertiary/aromatic N) is 6. The molecule has 9 heteroatoms. The van der Waals surface area contributed by atoms with E-state index >= 15 is 0 Å². The molecule has 1 fully saturated rings. The molecule has 2 aliphatic heterocycles. The van der Waals surface area contributed by atoms with Crippen molar-refractivity contribution in [3.05, 3.63) is 42.5 Å². The van der Waals surface area contributed by atoms with Gasteiger partial charge in [-0.2, -0.15) is 0 Å². The molecule has 0 atom stereocenters. The standard InChI is InChI=1S/C27H36FN7O/c1-18(2)35-12-13-36-26-22(28)14-19(15-24(26)35)23-17-33(5)27(30-23)31-25-7-6-21(16-29-25)34-10-8-20(9-11-34)32(3)4/h6-7,14-18,20H,8-13H2,1-5H3,(H,29,30,31). The Labute approximate surface area is 212 Å². The minimum Gasteiger partial charge on any atom is -0.486 e. The van der Waals surface area contributed by atoms with E-state index in [0.29, 0.717) is 30.0 Å². The Morgan fingerprint density at radius 2 is 1.92 bits per heavy atom. The fraction of sp³-hybridized carbons (Fsp3) is 0.481. The molecule has 4 heterocycles. The second-order valence-corrected chi connectivity index (χ2v) is 10.2. The number of aromatic nitrogens is 3. The fourth-order valence-corrected chi connectivity index (χ4v) is 5.11. The van der Waals surface area contributed by atoms with E-state index < -0.39 is 0 Å². The third kappa shape index (κ3) is 4.84. The smallest absolute Gasteiger partial charge is 0.208 e. The summed E-state index contributed by atoms with van der Waals surface area (Å²) >= 11 is 0. The van der Waals surface area contributed by atoms with Crippen LogP contribution in [0.4, 0.5) is 27.5 Å². The molecule has 0 unspecified atom stereocenters. The molecule has 2 aliphatic rings. The second-order valence-electron chi connectivity index (χ2n) is 10.2. The first-order valence-corrected chi connectivity index (χ1v) is 12.7. The van der Waals surface area contributed by atoms with Gasteiger partial charge in [-0.05, 0) is 65.0 Å². The Kier molecular flexibility index (Phi) is 6.75. The van der Waals surface area contributed by atoms with Crippen LogP contribution < -0.4 is 19.9 Å². The van der Waals surface area contributed by atoms with Gasteiger partial charge >= 0.3 is 0 Å². The summed E-state index contributed by atoms with van der Waals surface area (Å²) < 4.78 is 22.5. The van der Waals surface area contributed by atoms with Gasteiger partial charge in [-0.3, -0.25) is 0 Å². The molecule has 8 nitrogen and oxygen atoms in total. The number of nitrogens with one attached hydrogen (secondary N) is 1. The molecule has 1 N–H and O–H groups in total. The Morgan fingerprint density at radius 1 is 1.14 bits per heavy atom. The number of fused-ring (bicyclic) bond motifs is 1. The number of aryl methyl sites for hydroxylation is 1. The number of piperidine rings is 1. The summed E-state index contributed by atoms with van der Waals surface area (Å²) in [6, 6.07) is 8.46. The highest BCUT2D eigenvalue weighted by Crippen LogP contribution is 2.39. The van der Waals surface area contributed by atoms with Crippen molar-refractivity contribution in [2.45, 2.75) is 38.8 Å². The quantitative estimate of drug-likeness (QED) is 0.542. The first kappa shape index (κ1) is 24.4. The lowest BCUT2D eigenvalue weighted by Crippen LogP contribution is -2.42. The van der Waals surface area contributed by atoms with Crippen LogP contribution in [0.2, 0.25) is 0 Å². The van der Waals surface area contributed by atoms with Crippen molar-refractivity contribution in [3.63, 3.8) is 0 Å². The lowest BCUT2D eigenvalue weighted by molar-refractivity contribution is 0.249. The number of anilines is 4. The zero-order valence-corrected chi connectivity index (χ0v) is 21.8. The van der Waals surface area contributed by atoms with Crippen LogP contribution >= 0.6 is 0 Å². The van der Waals surface area contributed by atoms with Crippen LogP contribution in [-0.4, -0.2) is 71.9 Å². The topological polar surface area (TPSA) is 61.7 Å². The van der Waals surface area contributed by atoms with Crippen LogP contribution in [0.25, 0.3) is 11.3 Å². The lowest BCUT2D eigenvalue weighted by atomic mass is 10.0. The van der Waals surface area contributed by atoms with Gasteiger partial charge in [0.25, 0.3) is 0 Å². The fourth-order valence-electron chi connectivity index (χ4n) is 5.11. The number of hydrogen-bond acceptors (Lipinski definition) is 7. The van der Waals surface area contributed by atoms with E-state index in [0.717, 1.165) is 55.2 Å². The van der Waals surface area contributed by atoms with Crippen molar-refractivity contribution < 1.29 is 9.13 Å². The van der Waals surface area contributed by atoms with Crippen LogP contribution in [0.15, 0.2) is 36.7 Å². The molecule has 2 aromatic heterocycles. The van der Waals surface area contributed by atoms with Crippen molar-refractivity contribution in [2.24, 2.45) is 7.05 Å². The van der Waals surface area contributed by atoms with Crippen LogP contribution in [-0.2, 0) is 7.05 Å². The molecular weight excluding hydrogens is 457 g/mol. The molecular formula is C27H36FN7O. The molecule has 0 bridgehead atoms. The van der Waals surface area contributed by atoms with Gasteiger partial charge in [0.2, 0.25) is 5.95 Å². The summed E-state index contributed by atoms with van der Waals surface area (Å²) in [6.07, 6.45) is 6.14. The number of ether oxygens (including phenoxy) is 1. The van der Waals surface area contributed by atoms with Gasteiger partial charge in [-0.25, -0.2) is 14.4 Å². The number of pyridine rings is 1. The molecule has 1 aromatic carbocycles.